The molecule has 0 aliphatic heterocycles. The third-order valence-electron chi connectivity index (χ3n) is 5.81. The van der Waals surface area contributed by atoms with Crippen LogP contribution in [0.4, 0.5) is 5.69 Å². The first-order valence-electron chi connectivity index (χ1n) is 11.4. The number of hydrogen-bond acceptors (Lipinski definition) is 4. The van der Waals surface area contributed by atoms with Gasteiger partial charge in [0.15, 0.2) is 11.9 Å². The fraction of sp³-hybridized carbons (Fsp3) is 0.241. The number of amides is 1. The van der Waals surface area contributed by atoms with E-state index in [0.29, 0.717) is 21.9 Å². The van der Waals surface area contributed by atoms with Crippen molar-refractivity contribution in [2.75, 3.05) is 5.32 Å². The fourth-order valence-corrected chi connectivity index (χ4v) is 3.85. The SMILES string of the molecule is Cc1ccc(NC(=O)[C@H](C)Oc2c(-c3ccc(C(C)(C)C)cc3)oc3ccc(Cl)cc3c2=O)cc1. The van der Waals surface area contributed by atoms with Gasteiger partial charge in [-0.1, -0.05) is 74.3 Å². The van der Waals surface area contributed by atoms with E-state index in [0.717, 1.165) is 11.1 Å². The van der Waals surface area contributed by atoms with Crippen molar-refractivity contribution in [1.82, 2.24) is 0 Å². The average Bonchev–Trinajstić information content (AvgIpc) is 2.82. The molecule has 35 heavy (non-hydrogen) atoms. The Hall–Kier alpha value is -3.57. The second kappa shape index (κ2) is 9.59. The molecular formula is C29H28ClNO4. The van der Waals surface area contributed by atoms with E-state index in [4.69, 9.17) is 20.8 Å². The lowest BCUT2D eigenvalue weighted by molar-refractivity contribution is -0.122. The van der Waals surface area contributed by atoms with Crippen molar-refractivity contribution in [3.8, 4) is 17.1 Å². The number of nitrogens with one attached hydrogen (secondary N) is 1. The highest BCUT2D eigenvalue weighted by molar-refractivity contribution is 6.31. The summed E-state index contributed by atoms with van der Waals surface area (Å²) in [5.74, 6) is -0.149. The second-order valence-electron chi connectivity index (χ2n) is 9.67. The van der Waals surface area contributed by atoms with Crippen molar-refractivity contribution >= 4 is 34.2 Å². The van der Waals surface area contributed by atoms with Crippen LogP contribution in [-0.4, -0.2) is 12.0 Å². The zero-order valence-corrected chi connectivity index (χ0v) is 21.2. The number of halogens is 1. The lowest BCUT2D eigenvalue weighted by Crippen LogP contribution is -2.31. The number of fused-ring (bicyclic) bond motifs is 1. The van der Waals surface area contributed by atoms with E-state index in [1.165, 1.54) is 0 Å². The summed E-state index contributed by atoms with van der Waals surface area (Å²) in [6.45, 7) is 9.95. The zero-order valence-electron chi connectivity index (χ0n) is 20.4. The Morgan fingerprint density at radius 1 is 1.00 bits per heavy atom. The predicted molar refractivity (Wildman–Crippen MR) is 142 cm³/mol. The average molecular weight is 490 g/mol. The minimum atomic E-state index is -0.955. The van der Waals surface area contributed by atoms with Crippen molar-refractivity contribution in [2.24, 2.45) is 0 Å². The van der Waals surface area contributed by atoms with Crippen molar-refractivity contribution in [1.29, 1.82) is 0 Å². The first-order valence-corrected chi connectivity index (χ1v) is 11.8. The van der Waals surface area contributed by atoms with Crippen molar-refractivity contribution in [3.63, 3.8) is 0 Å². The number of carbonyl (C=O) groups is 1. The number of anilines is 1. The van der Waals surface area contributed by atoms with Crippen LogP contribution in [-0.2, 0) is 10.2 Å². The summed E-state index contributed by atoms with van der Waals surface area (Å²) in [6.07, 6.45) is -0.955. The summed E-state index contributed by atoms with van der Waals surface area (Å²) in [5, 5.41) is 3.51. The van der Waals surface area contributed by atoms with Gasteiger partial charge < -0.3 is 14.5 Å². The quantitative estimate of drug-likeness (QED) is 0.324. The molecule has 0 unspecified atom stereocenters. The number of carbonyl (C=O) groups excluding carboxylic acids is 1. The maximum atomic E-state index is 13.5. The van der Waals surface area contributed by atoms with E-state index in [1.807, 2.05) is 55.5 Å². The largest absolute Gasteiger partial charge is 0.473 e. The first kappa shape index (κ1) is 24.6. The standard InChI is InChI=1S/C29H28ClNO4/c1-17-6-13-22(14-7-17)31-28(33)18(2)34-27-25(32)23-16-21(30)12-15-24(23)35-26(27)19-8-10-20(11-9-19)29(3,4)5/h6-16,18H,1-5H3,(H,31,33)/t18-/m0/s1. The fourth-order valence-electron chi connectivity index (χ4n) is 3.68. The molecule has 1 heterocycles. The van der Waals surface area contributed by atoms with Gasteiger partial charge in [-0.2, -0.15) is 0 Å². The maximum absolute atomic E-state index is 13.5. The molecule has 5 nitrogen and oxygen atoms in total. The smallest absolute Gasteiger partial charge is 0.265 e. The third kappa shape index (κ3) is 5.41. The summed E-state index contributed by atoms with van der Waals surface area (Å²) >= 11 is 6.13. The highest BCUT2D eigenvalue weighted by Gasteiger charge is 2.24. The molecule has 6 heteroatoms. The monoisotopic (exact) mass is 489 g/mol. The van der Waals surface area contributed by atoms with E-state index >= 15 is 0 Å². The minimum Gasteiger partial charge on any atom is -0.473 e. The van der Waals surface area contributed by atoms with Crippen LogP contribution < -0.4 is 15.5 Å². The van der Waals surface area contributed by atoms with Crippen LogP contribution in [0.3, 0.4) is 0 Å². The van der Waals surface area contributed by atoms with Gasteiger partial charge in [-0.3, -0.25) is 9.59 Å². The molecule has 0 fully saturated rings. The number of rotatable bonds is 5. The highest BCUT2D eigenvalue weighted by atomic mass is 35.5. The molecule has 0 aliphatic rings. The second-order valence-corrected chi connectivity index (χ2v) is 10.1. The van der Waals surface area contributed by atoms with E-state index in [9.17, 15) is 9.59 Å². The molecule has 4 rings (SSSR count). The predicted octanol–water partition coefficient (Wildman–Crippen LogP) is 7.13. The van der Waals surface area contributed by atoms with Crippen LogP contribution >= 0.6 is 11.6 Å². The van der Waals surface area contributed by atoms with Crippen molar-refractivity contribution in [2.45, 2.75) is 46.1 Å². The van der Waals surface area contributed by atoms with E-state index in [2.05, 4.69) is 26.1 Å². The Balaban J connectivity index is 1.74. The molecule has 3 aromatic carbocycles. The van der Waals surface area contributed by atoms with Gasteiger partial charge >= 0.3 is 0 Å². The molecule has 0 saturated heterocycles. The first-order chi connectivity index (χ1) is 16.5. The van der Waals surface area contributed by atoms with E-state index in [1.54, 1.807) is 25.1 Å². The molecule has 0 bridgehead atoms. The number of aryl methyl sites for hydroxylation is 1. The molecule has 0 radical (unpaired) electrons. The number of benzene rings is 3. The van der Waals surface area contributed by atoms with E-state index in [-0.39, 0.29) is 28.2 Å². The Kier molecular flexibility index (Phi) is 6.73. The molecule has 1 atom stereocenters. The molecule has 1 N–H and O–H groups in total. The van der Waals surface area contributed by atoms with Gasteiger partial charge in [-0.25, -0.2) is 0 Å². The lowest BCUT2D eigenvalue weighted by atomic mass is 9.86. The van der Waals surface area contributed by atoms with Gasteiger partial charge in [0.25, 0.3) is 5.91 Å². The van der Waals surface area contributed by atoms with Crippen LogP contribution in [0.15, 0.2) is 75.9 Å². The minimum absolute atomic E-state index is 0.0264. The number of ether oxygens (including phenoxy) is 1. The summed E-state index contributed by atoms with van der Waals surface area (Å²) in [7, 11) is 0. The Bertz CT molecular complexity index is 1430. The van der Waals surface area contributed by atoms with Gasteiger partial charge in [0.1, 0.15) is 5.58 Å². The van der Waals surface area contributed by atoms with Crippen LogP contribution in [0.5, 0.6) is 5.75 Å². The summed E-state index contributed by atoms with van der Waals surface area (Å²) < 4.78 is 12.1. The van der Waals surface area contributed by atoms with Gasteiger partial charge in [-0.15, -0.1) is 0 Å². The molecule has 4 aromatic rings. The topological polar surface area (TPSA) is 68.5 Å². The third-order valence-corrected chi connectivity index (χ3v) is 6.04. The number of hydrogen-bond donors (Lipinski definition) is 1. The molecular weight excluding hydrogens is 462 g/mol. The summed E-state index contributed by atoms with van der Waals surface area (Å²) in [4.78, 5) is 26.3. The maximum Gasteiger partial charge on any atom is 0.265 e. The molecule has 0 saturated carbocycles. The molecule has 0 aliphatic carbocycles. The Morgan fingerprint density at radius 2 is 1.66 bits per heavy atom. The van der Waals surface area contributed by atoms with Gasteiger partial charge in [0.05, 0.1) is 5.39 Å². The molecule has 0 spiro atoms. The van der Waals surface area contributed by atoms with Gasteiger partial charge in [0, 0.05) is 16.3 Å². The normalized spacial score (nSPS) is 12.4. The highest BCUT2D eigenvalue weighted by Crippen LogP contribution is 2.34. The summed E-state index contributed by atoms with van der Waals surface area (Å²) in [6, 6.07) is 20.1. The van der Waals surface area contributed by atoms with Crippen molar-refractivity contribution in [3.05, 3.63) is 93.1 Å². The zero-order chi connectivity index (χ0) is 25.3. The van der Waals surface area contributed by atoms with Crippen LogP contribution in [0, 0.1) is 6.92 Å². The molecule has 1 amide bonds. The lowest BCUT2D eigenvalue weighted by Gasteiger charge is -2.20. The Morgan fingerprint density at radius 3 is 2.29 bits per heavy atom. The Labute approximate surface area is 209 Å². The van der Waals surface area contributed by atoms with Crippen molar-refractivity contribution < 1.29 is 13.9 Å². The van der Waals surface area contributed by atoms with Gasteiger partial charge in [-0.05, 0) is 55.2 Å². The van der Waals surface area contributed by atoms with E-state index < -0.39 is 11.5 Å². The molecule has 180 valence electrons. The van der Waals surface area contributed by atoms with Crippen LogP contribution in [0.25, 0.3) is 22.3 Å². The van der Waals surface area contributed by atoms with Crippen LogP contribution in [0.1, 0.15) is 38.8 Å². The summed E-state index contributed by atoms with van der Waals surface area (Å²) in [5.41, 5.74) is 3.52. The molecule has 1 aromatic heterocycles. The van der Waals surface area contributed by atoms with Crippen LogP contribution in [0.2, 0.25) is 5.02 Å². The van der Waals surface area contributed by atoms with Gasteiger partial charge in [0.2, 0.25) is 11.2 Å².